The van der Waals surface area contributed by atoms with E-state index < -0.39 is 6.04 Å². The Bertz CT molecular complexity index is 650. The van der Waals surface area contributed by atoms with E-state index in [1.807, 2.05) is 54.6 Å². The molecule has 4 heteroatoms. The molecule has 2 aromatic rings. The minimum absolute atomic E-state index is 0.00334. The Morgan fingerprint density at radius 3 is 2.48 bits per heavy atom. The SMILES string of the molecule is COc1ccc([C@@H]2CN=N[C@@H]2C(=O)c2ccccc2)cc1. The van der Waals surface area contributed by atoms with Gasteiger partial charge in [-0.05, 0) is 17.7 Å². The number of methoxy groups -OCH3 is 1. The van der Waals surface area contributed by atoms with Crippen LogP contribution in [0.4, 0.5) is 0 Å². The van der Waals surface area contributed by atoms with Crippen LogP contribution in [0.15, 0.2) is 64.8 Å². The molecule has 4 nitrogen and oxygen atoms in total. The van der Waals surface area contributed by atoms with E-state index in [1.165, 1.54) is 0 Å². The van der Waals surface area contributed by atoms with E-state index in [4.69, 9.17) is 4.74 Å². The summed E-state index contributed by atoms with van der Waals surface area (Å²) < 4.78 is 5.16. The first-order chi connectivity index (χ1) is 10.3. The summed E-state index contributed by atoms with van der Waals surface area (Å²) in [5, 5.41) is 8.24. The van der Waals surface area contributed by atoms with Crippen molar-refractivity contribution in [3.05, 3.63) is 65.7 Å². The average Bonchev–Trinajstić information content (AvgIpc) is 3.04. The lowest BCUT2D eigenvalue weighted by molar-refractivity contribution is 0.0956. The van der Waals surface area contributed by atoms with Gasteiger partial charge in [0.25, 0.3) is 0 Å². The van der Waals surface area contributed by atoms with Gasteiger partial charge in [-0.2, -0.15) is 10.2 Å². The fourth-order valence-electron chi connectivity index (χ4n) is 2.55. The van der Waals surface area contributed by atoms with Gasteiger partial charge >= 0.3 is 0 Å². The number of carbonyl (C=O) groups is 1. The van der Waals surface area contributed by atoms with Crippen molar-refractivity contribution in [3.8, 4) is 5.75 Å². The summed E-state index contributed by atoms with van der Waals surface area (Å²) in [6, 6.07) is 16.6. The summed E-state index contributed by atoms with van der Waals surface area (Å²) in [7, 11) is 1.64. The largest absolute Gasteiger partial charge is 0.497 e. The third-order valence-electron chi connectivity index (χ3n) is 3.74. The van der Waals surface area contributed by atoms with Crippen LogP contribution in [0.3, 0.4) is 0 Å². The molecule has 0 aromatic heterocycles. The molecule has 2 atom stereocenters. The number of Topliss-reactive ketones (excluding diaryl/α,β-unsaturated/α-hetero) is 1. The van der Waals surface area contributed by atoms with Gasteiger partial charge in [0.05, 0.1) is 13.7 Å². The van der Waals surface area contributed by atoms with Gasteiger partial charge in [-0.15, -0.1) is 0 Å². The minimum atomic E-state index is -0.430. The molecule has 1 aliphatic heterocycles. The fraction of sp³-hybridized carbons (Fsp3) is 0.235. The monoisotopic (exact) mass is 280 g/mol. The molecule has 0 aliphatic carbocycles. The Kier molecular flexibility index (Phi) is 3.77. The molecule has 0 saturated heterocycles. The molecule has 3 rings (SSSR count). The molecule has 0 bridgehead atoms. The molecule has 0 N–H and O–H groups in total. The maximum absolute atomic E-state index is 12.6. The molecule has 1 heterocycles. The first kappa shape index (κ1) is 13.5. The van der Waals surface area contributed by atoms with Crippen molar-refractivity contribution in [3.63, 3.8) is 0 Å². The zero-order chi connectivity index (χ0) is 14.7. The van der Waals surface area contributed by atoms with E-state index in [0.29, 0.717) is 12.1 Å². The second-order valence-electron chi connectivity index (χ2n) is 4.99. The third kappa shape index (κ3) is 2.70. The molecule has 0 saturated carbocycles. The molecule has 1 aliphatic rings. The first-order valence-corrected chi connectivity index (χ1v) is 6.89. The Labute approximate surface area is 123 Å². The maximum Gasteiger partial charge on any atom is 0.189 e. The molecular formula is C17H16N2O2. The lowest BCUT2D eigenvalue weighted by atomic mass is 9.88. The standard InChI is InChI=1S/C17H16N2O2/c1-21-14-9-7-12(8-10-14)15-11-18-19-16(15)17(20)13-5-3-2-4-6-13/h2-10,15-16H,11H2,1H3/t15-,16-/m0/s1. The number of ether oxygens (including phenoxy) is 1. The number of azo groups is 1. The van der Waals surface area contributed by atoms with Crippen molar-refractivity contribution in [1.82, 2.24) is 0 Å². The van der Waals surface area contributed by atoms with E-state index >= 15 is 0 Å². The highest BCUT2D eigenvalue weighted by Gasteiger charge is 2.33. The van der Waals surface area contributed by atoms with E-state index in [0.717, 1.165) is 11.3 Å². The second kappa shape index (κ2) is 5.87. The molecular weight excluding hydrogens is 264 g/mol. The lowest BCUT2D eigenvalue weighted by Gasteiger charge is -2.16. The minimum Gasteiger partial charge on any atom is -0.497 e. The van der Waals surface area contributed by atoms with Crippen LogP contribution in [0.2, 0.25) is 0 Å². The number of rotatable bonds is 4. The van der Waals surface area contributed by atoms with E-state index in [9.17, 15) is 4.79 Å². The predicted octanol–water partition coefficient (Wildman–Crippen LogP) is 3.50. The molecule has 0 fully saturated rings. The van der Waals surface area contributed by atoms with Crippen LogP contribution in [0.25, 0.3) is 0 Å². The van der Waals surface area contributed by atoms with Gasteiger partial charge in [0.2, 0.25) is 0 Å². The molecule has 0 unspecified atom stereocenters. The van der Waals surface area contributed by atoms with Crippen molar-refractivity contribution in [2.75, 3.05) is 13.7 Å². The van der Waals surface area contributed by atoms with Gasteiger partial charge in [-0.1, -0.05) is 42.5 Å². The lowest BCUT2D eigenvalue weighted by Crippen LogP contribution is -2.24. The zero-order valence-corrected chi connectivity index (χ0v) is 11.8. The predicted molar refractivity (Wildman–Crippen MR) is 80.0 cm³/mol. The Morgan fingerprint density at radius 2 is 1.81 bits per heavy atom. The first-order valence-electron chi connectivity index (χ1n) is 6.89. The Hall–Kier alpha value is -2.49. The van der Waals surface area contributed by atoms with Crippen LogP contribution in [-0.2, 0) is 0 Å². The van der Waals surface area contributed by atoms with Gasteiger partial charge in [-0.25, -0.2) is 0 Å². The van der Waals surface area contributed by atoms with Gasteiger partial charge < -0.3 is 4.74 Å². The number of hydrogen-bond donors (Lipinski definition) is 0. The van der Waals surface area contributed by atoms with Crippen molar-refractivity contribution in [2.24, 2.45) is 10.2 Å². The Morgan fingerprint density at radius 1 is 1.10 bits per heavy atom. The number of nitrogens with zero attached hydrogens (tertiary/aromatic N) is 2. The molecule has 106 valence electrons. The summed E-state index contributed by atoms with van der Waals surface area (Å²) in [5.41, 5.74) is 1.75. The number of ketones is 1. The van der Waals surface area contributed by atoms with Crippen molar-refractivity contribution >= 4 is 5.78 Å². The van der Waals surface area contributed by atoms with E-state index in [2.05, 4.69) is 10.2 Å². The third-order valence-corrected chi connectivity index (χ3v) is 3.74. The molecule has 0 radical (unpaired) electrons. The summed E-state index contributed by atoms with van der Waals surface area (Å²) in [5.74, 6) is 0.831. The average molecular weight is 280 g/mol. The highest BCUT2D eigenvalue weighted by atomic mass is 16.5. The molecule has 0 spiro atoms. The fourth-order valence-corrected chi connectivity index (χ4v) is 2.55. The van der Waals surface area contributed by atoms with Gasteiger partial charge in [-0.3, -0.25) is 4.79 Å². The summed E-state index contributed by atoms with van der Waals surface area (Å²) in [6.07, 6.45) is 0. The van der Waals surface area contributed by atoms with Gasteiger partial charge in [0.15, 0.2) is 5.78 Å². The molecule has 2 aromatic carbocycles. The summed E-state index contributed by atoms with van der Waals surface area (Å²) in [4.78, 5) is 12.6. The topological polar surface area (TPSA) is 51.0 Å². The van der Waals surface area contributed by atoms with Crippen LogP contribution in [0.5, 0.6) is 5.75 Å². The normalized spacial score (nSPS) is 20.4. The highest BCUT2D eigenvalue weighted by molar-refractivity contribution is 6.01. The number of hydrogen-bond acceptors (Lipinski definition) is 4. The van der Waals surface area contributed by atoms with Gasteiger partial charge in [0, 0.05) is 11.5 Å². The van der Waals surface area contributed by atoms with Crippen molar-refractivity contribution < 1.29 is 9.53 Å². The van der Waals surface area contributed by atoms with Crippen LogP contribution in [0, 0.1) is 0 Å². The second-order valence-corrected chi connectivity index (χ2v) is 4.99. The zero-order valence-electron chi connectivity index (χ0n) is 11.8. The Balaban J connectivity index is 1.84. The summed E-state index contributed by atoms with van der Waals surface area (Å²) >= 11 is 0. The van der Waals surface area contributed by atoms with Crippen LogP contribution in [-0.4, -0.2) is 25.5 Å². The maximum atomic E-state index is 12.6. The number of benzene rings is 2. The van der Waals surface area contributed by atoms with Gasteiger partial charge in [0.1, 0.15) is 11.8 Å². The summed E-state index contributed by atoms with van der Waals surface area (Å²) in [6.45, 7) is 0.551. The van der Waals surface area contributed by atoms with Crippen LogP contribution < -0.4 is 4.74 Å². The molecule has 0 amide bonds. The van der Waals surface area contributed by atoms with Crippen LogP contribution in [0.1, 0.15) is 21.8 Å². The van der Waals surface area contributed by atoms with Crippen molar-refractivity contribution in [1.29, 1.82) is 0 Å². The molecule has 21 heavy (non-hydrogen) atoms. The number of carbonyl (C=O) groups excluding carboxylic acids is 1. The van der Waals surface area contributed by atoms with E-state index in [-0.39, 0.29) is 11.7 Å². The van der Waals surface area contributed by atoms with Crippen molar-refractivity contribution in [2.45, 2.75) is 12.0 Å². The quantitative estimate of drug-likeness (QED) is 0.805. The smallest absolute Gasteiger partial charge is 0.189 e. The highest BCUT2D eigenvalue weighted by Crippen LogP contribution is 2.31. The van der Waals surface area contributed by atoms with Crippen LogP contribution >= 0.6 is 0 Å². The van der Waals surface area contributed by atoms with E-state index in [1.54, 1.807) is 7.11 Å².